The van der Waals surface area contributed by atoms with Crippen LogP contribution in [0.4, 0.5) is 0 Å². The molecule has 1 rings (SSSR count). The average molecular weight is 198 g/mol. The highest BCUT2D eigenvalue weighted by molar-refractivity contribution is 5.72. The van der Waals surface area contributed by atoms with E-state index in [0.717, 1.165) is 12.0 Å². The third-order valence-electron chi connectivity index (χ3n) is 3.29. The summed E-state index contributed by atoms with van der Waals surface area (Å²) in [6.07, 6.45) is 0.835. The molecule has 0 radical (unpaired) electrons. The van der Waals surface area contributed by atoms with Crippen LogP contribution in [-0.2, 0) is 9.53 Å². The number of hydrogen-bond acceptors (Lipinski definition) is 2. The molecule has 80 valence electrons. The lowest BCUT2D eigenvalue weighted by molar-refractivity contribution is -0.144. The molecule has 0 aliphatic heterocycles. The summed E-state index contributed by atoms with van der Waals surface area (Å²) in [7, 11) is 1.64. The lowest BCUT2D eigenvalue weighted by atomic mass is 9.86. The Labute approximate surface area is 84.8 Å². The van der Waals surface area contributed by atoms with Crippen molar-refractivity contribution < 1.29 is 14.6 Å². The molecule has 4 atom stereocenters. The lowest BCUT2D eigenvalue weighted by Gasteiger charge is -2.18. The Hall–Kier alpha value is -0.830. The lowest BCUT2D eigenvalue weighted by Crippen LogP contribution is -2.26. The van der Waals surface area contributed by atoms with E-state index in [9.17, 15) is 4.79 Å². The smallest absolute Gasteiger partial charge is 0.307 e. The standard InChI is InChI=1S/C11H18O3/c1-6(2)8-5-9(14-4)7(3)10(8)11(12)13/h7-10H,1,5H2,2-4H3,(H,12,13)/t7-,8-,9+,10+/m0/s1. The maximum absolute atomic E-state index is 11.1. The molecule has 1 aliphatic rings. The van der Waals surface area contributed by atoms with E-state index in [-0.39, 0.29) is 23.9 Å². The zero-order valence-corrected chi connectivity index (χ0v) is 8.99. The number of ether oxygens (including phenoxy) is 1. The second-order valence-corrected chi connectivity index (χ2v) is 4.19. The van der Waals surface area contributed by atoms with Crippen LogP contribution >= 0.6 is 0 Å². The highest BCUT2D eigenvalue weighted by Gasteiger charge is 2.45. The Bertz CT molecular complexity index is 247. The predicted molar refractivity (Wildman–Crippen MR) is 54.0 cm³/mol. The number of rotatable bonds is 3. The molecule has 0 bridgehead atoms. The van der Waals surface area contributed by atoms with Crippen molar-refractivity contribution in [1.82, 2.24) is 0 Å². The molecule has 0 aromatic heterocycles. The number of carboxylic acids is 1. The van der Waals surface area contributed by atoms with Crippen LogP contribution in [0.2, 0.25) is 0 Å². The summed E-state index contributed by atoms with van der Waals surface area (Å²) in [5.74, 6) is -0.936. The van der Waals surface area contributed by atoms with Gasteiger partial charge in [-0.25, -0.2) is 0 Å². The summed E-state index contributed by atoms with van der Waals surface area (Å²) in [5.41, 5.74) is 0.948. The van der Waals surface area contributed by atoms with Gasteiger partial charge in [-0.3, -0.25) is 4.79 Å². The highest BCUT2D eigenvalue weighted by Crippen LogP contribution is 2.41. The van der Waals surface area contributed by atoms with E-state index in [1.165, 1.54) is 0 Å². The molecule has 0 aromatic carbocycles. The summed E-state index contributed by atoms with van der Waals surface area (Å²) < 4.78 is 5.28. The van der Waals surface area contributed by atoms with Crippen LogP contribution in [0.5, 0.6) is 0 Å². The second kappa shape index (κ2) is 4.13. The van der Waals surface area contributed by atoms with Gasteiger partial charge in [-0.05, 0) is 25.2 Å². The fourth-order valence-corrected chi connectivity index (χ4v) is 2.42. The topological polar surface area (TPSA) is 46.5 Å². The van der Waals surface area contributed by atoms with Crippen LogP contribution in [0.3, 0.4) is 0 Å². The number of carbonyl (C=O) groups is 1. The highest BCUT2D eigenvalue weighted by atomic mass is 16.5. The minimum atomic E-state index is -0.731. The van der Waals surface area contributed by atoms with Crippen molar-refractivity contribution in [2.45, 2.75) is 26.4 Å². The third kappa shape index (κ3) is 1.82. The fourth-order valence-electron chi connectivity index (χ4n) is 2.42. The molecular formula is C11H18O3. The van der Waals surface area contributed by atoms with E-state index in [1.54, 1.807) is 7.11 Å². The first-order valence-corrected chi connectivity index (χ1v) is 4.90. The van der Waals surface area contributed by atoms with Crippen LogP contribution in [0, 0.1) is 17.8 Å². The van der Waals surface area contributed by atoms with Crippen molar-refractivity contribution in [3.63, 3.8) is 0 Å². The quantitative estimate of drug-likeness (QED) is 0.705. The SMILES string of the molecule is C=C(C)[C@@H]1C[C@@H](OC)[C@H](C)[C@H]1C(=O)O. The van der Waals surface area contributed by atoms with E-state index in [4.69, 9.17) is 9.84 Å². The van der Waals surface area contributed by atoms with Gasteiger partial charge in [0.2, 0.25) is 0 Å². The third-order valence-corrected chi connectivity index (χ3v) is 3.29. The largest absolute Gasteiger partial charge is 0.481 e. The number of methoxy groups -OCH3 is 1. The van der Waals surface area contributed by atoms with Crippen LogP contribution in [-0.4, -0.2) is 24.3 Å². The first-order chi connectivity index (χ1) is 6.49. The molecule has 0 spiro atoms. The molecule has 0 heterocycles. The number of carboxylic acid groups (broad SMARTS) is 1. The van der Waals surface area contributed by atoms with Gasteiger partial charge in [-0.2, -0.15) is 0 Å². The second-order valence-electron chi connectivity index (χ2n) is 4.19. The normalized spacial score (nSPS) is 37.1. The Morgan fingerprint density at radius 3 is 2.43 bits per heavy atom. The number of aliphatic carboxylic acids is 1. The van der Waals surface area contributed by atoms with E-state index >= 15 is 0 Å². The summed E-state index contributed by atoms with van der Waals surface area (Å²) >= 11 is 0. The van der Waals surface area contributed by atoms with Gasteiger partial charge in [0, 0.05) is 7.11 Å². The zero-order valence-electron chi connectivity index (χ0n) is 8.99. The molecular weight excluding hydrogens is 180 g/mol. The Morgan fingerprint density at radius 1 is 1.57 bits per heavy atom. The van der Waals surface area contributed by atoms with Gasteiger partial charge in [0.05, 0.1) is 12.0 Å². The molecule has 1 aliphatic carbocycles. The minimum absolute atomic E-state index is 0.0535. The van der Waals surface area contributed by atoms with Crippen LogP contribution in [0.25, 0.3) is 0 Å². The summed E-state index contributed by atoms with van der Waals surface area (Å²) in [6.45, 7) is 7.69. The van der Waals surface area contributed by atoms with Crippen molar-refractivity contribution >= 4 is 5.97 Å². The molecule has 0 unspecified atom stereocenters. The van der Waals surface area contributed by atoms with Gasteiger partial charge in [0.15, 0.2) is 0 Å². The van der Waals surface area contributed by atoms with Crippen molar-refractivity contribution in [3.05, 3.63) is 12.2 Å². The van der Waals surface area contributed by atoms with Crippen molar-refractivity contribution in [3.8, 4) is 0 Å². The number of allylic oxidation sites excluding steroid dienone is 1. The molecule has 3 nitrogen and oxygen atoms in total. The average Bonchev–Trinajstić information content (AvgIpc) is 2.42. The van der Waals surface area contributed by atoms with Crippen molar-refractivity contribution in [1.29, 1.82) is 0 Å². The van der Waals surface area contributed by atoms with E-state index in [1.807, 2.05) is 13.8 Å². The van der Waals surface area contributed by atoms with Gasteiger partial charge >= 0.3 is 5.97 Å². The zero-order chi connectivity index (χ0) is 10.9. The molecule has 1 N–H and O–H groups in total. The summed E-state index contributed by atoms with van der Waals surface area (Å²) in [5, 5.41) is 9.12. The summed E-state index contributed by atoms with van der Waals surface area (Å²) in [4.78, 5) is 11.1. The predicted octanol–water partition coefficient (Wildman–Crippen LogP) is 1.93. The van der Waals surface area contributed by atoms with Crippen LogP contribution in [0.15, 0.2) is 12.2 Å². The first kappa shape index (κ1) is 11.2. The van der Waals surface area contributed by atoms with E-state index in [0.29, 0.717) is 0 Å². The molecule has 14 heavy (non-hydrogen) atoms. The molecule has 0 amide bonds. The van der Waals surface area contributed by atoms with Gasteiger partial charge in [0.25, 0.3) is 0 Å². The van der Waals surface area contributed by atoms with Crippen LogP contribution < -0.4 is 0 Å². The Balaban J connectivity index is 2.87. The first-order valence-electron chi connectivity index (χ1n) is 4.90. The van der Waals surface area contributed by atoms with E-state index < -0.39 is 5.97 Å². The Kier molecular flexibility index (Phi) is 3.32. The van der Waals surface area contributed by atoms with E-state index in [2.05, 4.69) is 6.58 Å². The fraction of sp³-hybridized carbons (Fsp3) is 0.727. The molecule has 1 fully saturated rings. The monoisotopic (exact) mass is 198 g/mol. The Morgan fingerprint density at radius 2 is 2.14 bits per heavy atom. The van der Waals surface area contributed by atoms with Gasteiger partial charge in [0.1, 0.15) is 0 Å². The van der Waals surface area contributed by atoms with Crippen molar-refractivity contribution in [2.24, 2.45) is 17.8 Å². The van der Waals surface area contributed by atoms with Crippen molar-refractivity contribution in [2.75, 3.05) is 7.11 Å². The molecule has 3 heteroatoms. The summed E-state index contributed by atoms with van der Waals surface area (Å²) in [6, 6.07) is 0. The minimum Gasteiger partial charge on any atom is -0.481 e. The molecule has 1 saturated carbocycles. The van der Waals surface area contributed by atoms with Crippen LogP contribution in [0.1, 0.15) is 20.3 Å². The van der Waals surface area contributed by atoms with Gasteiger partial charge < -0.3 is 9.84 Å². The number of hydrogen-bond donors (Lipinski definition) is 1. The molecule has 0 saturated heterocycles. The van der Waals surface area contributed by atoms with Gasteiger partial charge in [-0.15, -0.1) is 0 Å². The maximum atomic E-state index is 11.1. The maximum Gasteiger partial charge on any atom is 0.307 e. The van der Waals surface area contributed by atoms with Gasteiger partial charge in [-0.1, -0.05) is 19.1 Å². The molecule has 0 aromatic rings.